The fourth-order valence-electron chi connectivity index (χ4n) is 3.73. The van der Waals surface area contributed by atoms with Crippen LogP contribution in [0.5, 0.6) is 0 Å². The molecule has 1 aliphatic rings. The van der Waals surface area contributed by atoms with Gasteiger partial charge in [0, 0.05) is 23.7 Å². The van der Waals surface area contributed by atoms with E-state index in [0.29, 0.717) is 21.3 Å². The summed E-state index contributed by atoms with van der Waals surface area (Å²) < 4.78 is 5.50. The fraction of sp³-hybridized carbons (Fsp3) is 0.125. The van der Waals surface area contributed by atoms with Crippen LogP contribution >= 0.6 is 23.2 Å². The van der Waals surface area contributed by atoms with Crippen molar-refractivity contribution in [3.63, 3.8) is 0 Å². The quantitative estimate of drug-likeness (QED) is 0.471. The zero-order valence-corrected chi connectivity index (χ0v) is 17.6. The molecule has 0 atom stereocenters. The Balaban J connectivity index is 1.35. The van der Waals surface area contributed by atoms with Gasteiger partial charge >= 0.3 is 6.09 Å². The van der Waals surface area contributed by atoms with Crippen LogP contribution < -0.4 is 11.1 Å². The van der Waals surface area contributed by atoms with Gasteiger partial charge in [0.1, 0.15) is 6.61 Å². The molecule has 3 N–H and O–H groups in total. The SMILES string of the molecule is Nc1cc(Cl)c(C=CCNC(=O)OCC2c3ccccc3-c3ccccc32)c(Cl)c1. The van der Waals surface area contributed by atoms with Gasteiger partial charge in [-0.3, -0.25) is 0 Å². The minimum atomic E-state index is -0.476. The zero-order valence-electron chi connectivity index (χ0n) is 16.1. The van der Waals surface area contributed by atoms with Crippen LogP contribution in [-0.4, -0.2) is 19.2 Å². The molecule has 1 aliphatic carbocycles. The molecule has 0 spiro atoms. The third-order valence-corrected chi connectivity index (χ3v) is 5.72. The fourth-order valence-corrected chi connectivity index (χ4v) is 4.36. The Morgan fingerprint density at radius 3 is 2.17 bits per heavy atom. The van der Waals surface area contributed by atoms with Gasteiger partial charge in [-0.15, -0.1) is 0 Å². The first-order valence-corrected chi connectivity index (χ1v) is 10.3. The maximum absolute atomic E-state index is 12.2. The Bertz CT molecular complexity index is 1060. The standard InChI is InChI=1S/C24H20Cl2N2O2/c25-22-12-15(27)13-23(26)20(22)10-5-11-28-24(29)30-14-21-18-8-3-1-6-16(18)17-7-2-4-9-19(17)21/h1-10,12-13,21H,11,14,27H2,(H,28,29). The van der Waals surface area contributed by atoms with Gasteiger partial charge in [-0.2, -0.15) is 0 Å². The summed E-state index contributed by atoms with van der Waals surface area (Å²) in [6.45, 7) is 0.562. The number of alkyl carbamates (subject to hydrolysis) is 1. The van der Waals surface area contributed by atoms with Crippen molar-refractivity contribution in [2.75, 3.05) is 18.9 Å². The maximum atomic E-state index is 12.2. The van der Waals surface area contributed by atoms with E-state index < -0.39 is 6.09 Å². The molecule has 152 valence electrons. The van der Waals surface area contributed by atoms with E-state index in [1.54, 1.807) is 24.3 Å². The number of amides is 1. The van der Waals surface area contributed by atoms with Crippen LogP contribution in [0.25, 0.3) is 17.2 Å². The third-order valence-electron chi connectivity index (χ3n) is 5.09. The van der Waals surface area contributed by atoms with E-state index in [-0.39, 0.29) is 19.1 Å². The van der Waals surface area contributed by atoms with Crippen molar-refractivity contribution in [1.82, 2.24) is 5.32 Å². The van der Waals surface area contributed by atoms with Crippen LogP contribution in [0.4, 0.5) is 10.5 Å². The van der Waals surface area contributed by atoms with Crippen LogP contribution in [0, 0.1) is 0 Å². The number of nitrogens with two attached hydrogens (primary N) is 1. The number of carbonyl (C=O) groups is 1. The summed E-state index contributed by atoms with van der Waals surface area (Å²) in [4.78, 5) is 12.2. The monoisotopic (exact) mass is 438 g/mol. The number of hydrogen-bond acceptors (Lipinski definition) is 3. The van der Waals surface area contributed by atoms with Crippen molar-refractivity contribution < 1.29 is 9.53 Å². The molecule has 0 heterocycles. The summed E-state index contributed by atoms with van der Waals surface area (Å²) in [6, 6.07) is 19.7. The van der Waals surface area contributed by atoms with Gasteiger partial charge in [-0.05, 0) is 34.4 Å². The van der Waals surface area contributed by atoms with Gasteiger partial charge in [0.2, 0.25) is 0 Å². The molecule has 3 aromatic rings. The number of nitrogen functional groups attached to an aromatic ring is 1. The van der Waals surface area contributed by atoms with Crippen LogP contribution in [-0.2, 0) is 4.74 Å². The van der Waals surface area contributed by atoms with Crippen LogP contribution in [0.3, 0.4) is 0 Å². The first-order valence-electron chi connectivity index (χ1n) is 9.54. The smallest absolute Gasteiger partial charge is 0.407 e. The second-order valence-corrected chi connectivity index (χ2v) is 7.82. The van der Waals surface area contributed by atoms with Crippen molar-refractivity contribution in [3.05, 3.63) is 93.5 Å². The topological polar surface area (TPSA) is 64.3 Å². The largest absolute Gasteiger partial charge is 0.449 e. The summed E-state index contributed by atoms with van der Waals surface area (Å²) in [5, 5.41) is 3.63. The lowest BCUT2D eigenvalue weighted by atomic mass is 9.98. The molecule has 0 saturated heterocycles. The molecular weight excluding hydrogens is 419 g/mol. The number of carbonyl (C=O) groups excluding carboxylic acids is 1. The molecule has 6 heteroatoms. The molecule has 0 aromatic heterocycles. The lowest BCUT2D eigenvalue weighted by molar-refractivity contribution is 0.144. The first kappa shape index (κ1) is 20.3. The van der Waals surface area contributed by atoms with E-state index in [2.05, 4.69) is 29.6 Å². The Morgan fingerprint density at radius 1 is 1.00 bits per heavy atom. The molecule has 3 aromatic carbocycles. The Hall–Kier alpha value is -2.95. The normalized spacial score (nSPS) is 12.6. The molecular formula is C24H20Cl2N2O2. The van der Waals surface area contributed by atoms with Crippen molar-refractivity contribution in [2.45, 2.75) is 5.92 Å². The average Bonchev–Trinajstić information content (AvgIpc) is 3.05. The number of rotatable bonds is 5. The molecule has 30 heavy (non-hydrogen) atoms. The van der Waals surface area contributed by atoms with Crippen LogP contribution in [0.15, 0.2) is 66.7 Å². The molecule has 0 saturated carbocycles. The summed E-state index contributed by atoms with van der Waals surface area (Å²) in [6.07, 6.45) is 3.02. The maximum Gasteiger partial charge on any atom is 0.407 e. The van der Waals surface area contributed by atoms with E-state index >= 15 is 0 Å². The predicted molar refractivity (Wildman–Crippen MR) is 123 cm³/mol. The number of anilines is 1. The molecule has 1 amide bonds. The zero-order chi connectivity index (χ0) is 21.1. The van der Waals surface area contributed by atoms with E-state index in [0.717, 1.165) is 0 Å². The van der Waals surface area contributed by atoms with Crippen LogP contribution in [0.2, 0.25) is 10.0 Å². The Labute approximate surface area is 185 Å². The third kappa shape index (κ3) is 4.16. The van der Waals surface area contributed by atoms with Crippen molar-refractivity contribution >= 4 is 41.1 Å². The highest BCUT2D eigenvalue weighted by atomic mass is 35.5. The molecule has 4 nitrogen and oxygen atoms in total. The Kier molecular flexibility index (Phi) is 5.98. The highest BCUT2D eigenvalue weighted by molar-refractivity contribution is 6.37. The summed E-state index contributed by atoms with van der Waals surface area (Å²) in [5.74, 6) is 0.0334. The minimum Gasteiger partial charge on any atom is -0.449 e. The number of halogens is 2. The number of ether oxygens (including phenoxy) is 1. The summed E-state index contributed by atoms with van der Waals surface area (Å²) in [5.41, 5.74) is 11.6. The molecule has 0 radical (unpaired) electrons. The van der Waals surface area contributed by atoms with Gasteiger partial charge < -0.3 is 15.8 Å². The van der Waals surface area contributed by atoms with E-state index in [1.165, 1.54) is 22.3 Å². The molecule has 0 fully saturated rings. The second kappa shape index (κ2) is 8.82. The van der Waals surface area contributed by atoms with Crippen molar-refractivity contribution in [2.24, 2.45) is 0 Å². The predicted octanol–water partition coefficient (Wildman–Crippen LogP) is 6.13. The number of hydrogen-bond donors (Lipinski definition) is 2. The van der Waals surface area contributed by atoms with Gasteiger partial charge in [-0.25, -0.2) is 4.79 Å². The molecule has 0 bridgehead atoms. The summed E-state index contributed by atoms with van der Waals surface area (Å²) in [7, 11) is 0. The summed E-state index contributed by atoms with van der Waals surface area (Å²) >= 11 is 12.3. The minimum absolute atomic E-state index is 0.0334. The van der Waals surface area contributed by atoms with Crippen LogP contribution in [0.1, 0.15) is 22.6 Å². The average molecular weight is 439 g/mol. The van der Waals surface area contributed by atoms with E-state index in [1.807, 2.05) is 24.3 Å². The van der Waals surface area contributed by atoms with E-state index in [4.69, 9.17) is 33.7 Å². The first-order chi connectivity index (χ1) is 14.5. The highest BCUT2D eigenvalue weighted by Gasteiger charge is 2.28. The lowest BCUT2D eigenvalue weighted by Crippen LogP contribution is -2.26. The lowest BCUT2D eigenvalue weighted by Gasteiger charge is -2.14. The van der Waals surface area contributed by atoms with Gasteiger partial charge in [0.05, 0.1) is 10.0 Å². The molecule has 0 unspecified atom stereocenters. The van der Waals surface area contributed by atoms with Gasteiger partial charge in [-0.1, -0.05) is 83.9 Å². The number of benzene rings is 3. The van der Waals surface area contributed by atoms with E-state index in [9.17, 15) is 4.79 Å². The Morgan fingerprint density at radius 2 is 1.57 bits per heavy atom. The second-order valence-electron chi connectivity index (χ2n) is 7.01. The number of fused-ring (bicyclic) bond motifs is 3. The number of nitrogens with one attached hydrogen (secondary N) is 1. The van der Waals surface area contributed by atoms with Crippen molar-refractivity contribution in [3.8, 4) is 11.1 Å². The highest BCUT2D eigenvalue weighted by Crippen LogP contribution is 2.44. The molecule has 4 rings (SSSR count). The van der Waals surface area contributed by atoms with Gasteiger partial charge in [0.25, 0.3) is 0 Å². The van der Waals surface area contributed by atoms with Crippen molar-refractivity contribution in [1.29, 1.82) is 0 Å². The van der Waals surface area contributed by atoms with Gasteiger partial charge in [0.15, 0.2) is 0 Å². The molecule has 0 aliphatic heterocycles.